The highest BCUT2D eigenvalue weighted by molar-refractivity contribution is 7.90. The molecule has 1 atom stereocenters. The van der Waals surface area contributed by atoms with Gasteiger partial charge in [0, 0.05) is 38.3 Å². The zero-order chi connectivity index (χ0) is 33.0. The largest absolute Gasteiger partial charge is 0.448 e. The molecule has 0 saturated carbocycles. The molecule has 1 aliphatic rings. The van der Waals surface area contributed by atoms with Gasteiger partial charge in [-0.2, -0.15) is 3.97 Å². The lowest BCUT2D eigenvalue weighted by atomic mass is 10.0. The average Bonchev–Trinajstić information content (AvgIpc) is 3.40. The van der Waals surface area contributed by atoms with Crippen molar-refractivity contribution < 1.29 is 22.3 Å². The van der Waals surface area contributed by atoms with Crippen LogP contribution in [0.25, 0.3) is 11.0 Å². The van der Waals surface area contributed by atoms with Crippen LogP contribution in [0, 0.1) is 5.82 Å². The molecule has 0 radical (unpaired) electrons. The Kier molecular flexibility index (Phi) is 9.55. The van der Waals surface area contributed by atoms with Crippen LogP contribution in [0.15, 0.2) is 119 Å². The number of nitrogens with zero attached hydrogens (tertiary/aromatic N) is 4. The van der Waals surface area contributed by atoms with Crippen LogP contribution >= 0.6 is 0 Å². The minimum atomic E-state index is -4.29. The van der Waals surface area contributed by atoms with Crippen LogP contribution in [-0.2, 0) is 27.8 Å². The van der Waals surface area contributed by atoms with Gasteiger partial charge in [0.25, 0.3) is 10.0 Å². The number of aromatic nitrogens is 2. The monoisotopic (exact) mass is 656 g/mol. The van der Waals surface area contributed by atoms with Gasteiger partial charge in [0.2, 0.25) is 0 Å². The first-order valence-corrected chi connectivity index (χ1v) is 17.1. The number of hydrogen-bond acceptors (Lipinski definition) is 6. The summed E-state index contributed by atoms with van der Waals surface area (Å²) < 4.78 is 48.7. The number of ether oxygens (including phenoxy) is 1. The van der Waals surface area contributed by atoms with Gasteiger partial charge in [-0.3, -0.25) is 9.47 Å². The second-order valence-electron chi connectivity index (χ2n) is 11.9. The van der Waals surface area contributed by atoms with Crippen LogP contribution in [-0.4, -0.2) is 58.6 Å². The highest BCUT2D eigenvalue weighted by Crippen LogP contribution is 2.28. The smallest absolute Gasteiger partial charge is 0.409 e. The maximum absolute atomic E-state index is 13.8. The van der Waals surface area contributed by atoms with Crippen molar-refractivity contribution in [2.24, 2.45) is 0 Å². The Balaban J connectivity index is 1.13. The van der Waals surface area contributed by atoms with Gasteiger partial charge in [0.05, 0.1) is 15.9 Å². The van der Waals surface area contributed by atoms with Crippen LogP contribution in [0.2, 0.25) is 0 Å². The van der Waals surface area contributed by atoms with Crippen LogP contribution in [0.3, 0.4) is 0 Å². The number of amides is 1. The fourth-order valence-corrected chi connectivity index (χ4v) is 7.54. The molecular formula is C36H37FN4O5S. The maximum atomic E-state index is 13.8. The number of carbonyl (C=O) groups excluding carboxylic acids is 1. The Hall–Kier alpha value is -4.74. The van der Waals surface area contributed by atoms with Crippen molar-refractivity contribution in [3.05, 3.63) is 137 Å². The first kappa shape index (κ1) is 32.2. The number of carbonyl (C=O) groups is 1. The predicted octanol–water partition coefficient (Wildman–Crippen LogP) is 6.04. The normalized spacial score (nSPS) is 14.8. The number of rotatable bonds is 10. The number of fused-ring (bicyclic) bond motifs is 1. The maximum Gasteiger partial charge on any atom is 0.409 e. The third-order valence-electron chi connectivity index (χ3n) is 8.71. The number of imidazole rings is 1. The molecule has 4 aromatic carbocycles. The summed E-state index contributed by atoms with van der Waals surface area (Å²) in [6, 6.07) is 31.1. The van der Waals surface area contributed by atoms with E-state index in [1.807, 2.05) is 43.3 Å². The lowest BCUT2D eigenvalue weighted by Gasteiger charge is -2.33. The molecule has 0 bridgehead atoms. The number of hydrogen-bond donors (Lipinski definition) is 0. The third-order valence-corrected chi connectivity index (χ3v) is 10.4. The lowest BCUT2D eigenvalue weighted by molar-refractivity contribution is 0.0567. The van der Waals surface area contributed by atoms with Gasteiger partial charge in [-0.25, -0.2) is 22.4 Å². The third kappa shape index (κ3) is 7.01. The number of para-hydroxylation sites is 2. The molecule has 1 aliphatic heterocycles. The molecule has 244 valence electrons. The van der Waals surface area contributed by atoms with E-state index in [1.54, 1.807) is 29.2 Å². The zero-order valence-electron chi connectivity index (χ0n) is 26.1. The van der Waals surface area contributed by atoms with Crippen molar-refractivity contribution in [1.82, 2.24) is 18.3 Å². The highest BCUT2D eigenvalue weighted by atomic mass is 32.2. The molecule has 2 heterocycles. The molecule has 11 heteroatoms. The van der Waals surface area contributed by atoms with E-state index in [2.05, 4.69) is 29.2 Å². The van der Waals surface area contributed by atoms with Gasteiger partial charge in [0.1, 0.15) is 12.4 Å². The molecule has 1 aromatic heterocycles. The summed E-state index contributed by atoms with van der Waals surface area (Å²) >= 11 is 0. The summed E-state index contributed by atoms with van der Waals surface area (Å²) in [7, 11) is -4.29. The van der Waals surface area contributed by atoms with E-state index in [4.69, 9.17) is 4.74 Å². The Labute approximate surface area is 273 Å². The second-order valence-corrected chi connectivity index (χ2v) is 13.7. The van der Waals surface area contributed by atoms with Crippen molar-refractivity contribution in [3.8, 4) is 0 Å². The number of benzene rings is 4. The molecule has 0 spiro atoms. The molecular weight excluding hydrogens is 619 g/mol. The van der Waals surface area contributed by atoms with Crippen LogP contribution in [0.5, 0.6) is 0 Å². The molecule has 5 aromatic rings. The molecule has 1 saturated heterocycles. The predicted molar refractivity (Wildman–Crippen MR) is 178 cm³/mol. The molecule has 1 fully saturated rings. The van der Waals surface area contributed by atoms with Crippen LogP contribution in [0.1, 0.15) is 36.9 Å². The molecule has 1 amide bonds. The summed E-state index contributed by atoms with van der Waals surface area (Å²) in [5.74, 6) is -0.574. The molecule has 0 N–H and O–H groups in total. The summed E-state index contributed by atoms with van der Waals surface area (Å²) in [6.07, 6.45) is 0.482. The fourth-order valence-electron chi connectivity index (χ4n) is 6.14. The fraction of sp³-hybridized carbons (Fsp3) is 0.278. The molecule has 0 unspecified atom stereocenters. The Morgan fingerprint density at radius 1 is 0.830 bits per heavy atom. The first-order chi connectivity index (χ1) is 22.7. The Morgan fingerprint density at radius 2 is 1.36 bits per heavy atom. The van der Waals surface area contributed by atoms with E-state index in [1.165, 1.54) is 15.7 Å². The van der Waals surface area contributed by atoms with E-state index in [-0.39, 0.29) is 29.1 Å². The Bertz CT molecular complexity index is 1950. The van der Waals surface area contributed by atoms with Crippen molar-refractivity contribution in [2.45, 2.75) is 49.8 Å². The van der Waals surface area contributed by atoms with Gasteiger partial charge in [-0.1, -0.05) is 72.8 Å². The second kappa shape index (κ2) is 13.9. The van der Waals surface area contributed by atoms with Gasteiger partial charge in [-0.15, -0.1) is 0 Å². The van der Waals surface area contributed by atoms with Crippen LogP contribution in [0.4, 0.5) is 9.18 Å². The summed E-state index contributed by atoms with van der Waals surface area (Å²) in [6.45, 7) is 4.39. The Morgan fingerprint density at radius 3 is 1.94 bits per heavy atom. The SMILES string of the molecule is C[C@H](COC(=O)N1CCC(n2c(=O)n(S(=O)(=O)c3ccc(F)cc3)c3ccccc32)CC1)N(Cc1ccccc1)Cc1ccccc1. The topological polar surface area (TPSA) is 93.8 Å². The van der Waals surface area contributed by atoms with E-state index >= 15 is 0 Å². The zero-order valence-corrected chi connectivity index (χ0v) is 26.9. The van der Waals surface area contributed by atoms with E-state index in [0.717, 1.165) is 28.2 Å². The summed E-state index contributed by atoms with van der Waals surface area (Å²) in [4.78, 5) is 30.7. The number of piperidine rings is 1. The quantitative estimate of drug-likeness (QED) is 0.182. The molecule has 47 heavy (non-hydrogen) atoms. The number of halogens is 1. The highest BCUT2D eigenvalue weighted by Gasteiger charge is 2.31. The standard InChI is InChI=1S/C36H37FN4O5S/c1-27(39(24-28-10-4-2-5-11-28)25-29-12-6-3-7-13-29)26-46-36(43)38-22-20-31(21-23-38)40-33-14-8-9-15-34(33)41(35(40)42)47(44,45)32-18-16-30(37)17-19-32/h2-19,27,31H,20-26H2,1H3/t27-/m1/s1. The van der Waals surface area contributed by atoms with E-state index in [9.17, 15) is 22.4 Å². The van der Waals surface area contributed by atoms with E-state index < -0.39 is 27.6 Å². The van der Waals surface area contributed by atoms with Crippen molar-refractivity contribution >= 4 is 27.1 Å². The van der Waals surface area contributed by atoms with Crippen molar-refractivity contribution in [2.75, 3.05) is 19.7 Å². The first-order valence-electron chi connectivity index (χ1n) is 15.7. The molecule has 6 rings (SSSR count). The van der Waals surface area contributed by atoms with Gasteiger partial charge < -0.3 is 9.64 Å². The average molecular weight is 657 g/mol. The summed E-state index contributed by atoms with van der Waals surface area (Å²) in [5, 5.41) is 0. The minimum absolute atomic E-state index is 0.0512. The van der Waals surface area contributed by atoms with Crippen molar-refractivity contribution in [1.29, 1.82) is 0 Å². The van der Waals surface area contributed by atoms with Gasteiger partial charge in [-0.05, 0) is 67.3 Å². The van der Waals surface area contributed by atoms with Crippen LogP contribution < -0.4 is 5.69 Å². The van der Waals surface area contributed by atoms with Crippen molar-refractivity contribution in [3.63, 3.8) is 0 Å². The van der Waals surface area contributed by atoms with Gasteiger partial charge in [0.15, 0.2) is 0 Å². The van der Waals surface area contributed by atoms with Gasteiger partial charge >= 0.3 is 11.8 Å². The minimum Gasteiger partial charge on any atom is -0.448 e. The number of likely N-dealkylation sites (tertiary alicyclic amines) is 1. The molecule has 0 aliphatic carbocycles. The molecule has 9 nitrogen and oxygen atoms in total. The lowest BCUT2D eigenvalue weighted by Crippen LogP contribution is -2.43. The summed E-state index contributed by atoms with van der Waals surface area (Å²) in [5.41, 5.74) is 2.38. The van der Waals surface area contributed by atoms with E-state index in [0.29, 0.717) is 44.5 Å².